The Morgan fingerprint density at radius 3 is 1.91 bits per heavy atom. The molecule has 3 aromatic carbocycles. The van der Waals surface area contributed by atoms with Crippen molar-refractivity contribution < 1.29 is 38.3 Å². The van der Waals surface area contributed by atoms with E-state index in [2.05, 4.69) is 28.2 Å². The Bertz CT molecular complexity index is 1890. The monoisotopic (exact) mass is 734 g/mol. The molecule has 0 saturated heterocycles. The Hall–Kier alpha value is -6.11. The highest BCUT2D eigenvalue weighted by atomic mass is 16.5. The lowest BCUT2D eigenvalue weighted by Crippen LogP contribution is -2.54. The van der Waals surface area contributed by atoms with Crippen molar-refractivity contribution in [1.29, 1.82) is 0 Å². The Labute approximate surface area is 313 Å². The van der Waals surface area contributed by atoms with Gasteiger partial charge in [0.05, 0.1) is 0 Å². The number of nitrogens with one attached hydrogen (secondary N) is 4. The molecule has 0 aromatic heterocycles. The zero-order chi connectivity index (χ0) is 38.9. The van der Waals surface area contributed by atoms with Gasteiger partial charge in [0, 0.05) is 43.1 Å². The largest absolute Gasteiger partial charge is 0.463 e. The number of fused-ring (bicyclic) bond motifs is 3. The predicted molar refractivity (Wildman–Crippen MR) is 200 cm³/mol. The van der Waals surface area contributed by atoms with Crippen molar-refractivity contribution in [2.24, 2.45) is 5.92 Å². The minimum absolute atomic E-state index is 0.0175. The molecule has 54 heavy (non-hydrogen) atoms. The van der Waals surface area contributed by atoms with Crippen LogP contribution >= 0.6 is 0 Å². The average molecular weight is 735 g/mol. The van der Waals surface area contributed by atoms with E-state index in [0.29, 0.717) is 5.69 Å². The summed E-state index contributed by atoms with van der Waals surface area (Å²) in [6, 6.07) is 19.3. The van der Waals surface area contributed by atoms with Crippen LogP contribution in [0.2, 0.25) is 0 Å². The number of amides is 6. The third-order valence-corrected chi connectivity index (χ3v) is 9.34. The zero-order valence-electron chi connectivity index (χ0n) is 30.4. The van der Waals surface area contributed by atoms with Crippen molar-refractivity contribution in [3.63, 3.8) is 0 Å². The lowest BCUT2D eigenvalue weighted by atomic mass is 9.98. The van der Waals surface area contributed by atoms with E-state index in [1.807, 2.05) is 48.5 Å². The maximum Gasteiger partial charge on any atom is 0.328 e. The number of benzene rings is 3. The first-order chi connectivity index (χ1) is 25.8. The van der Waals surface area contributed by atoms with E-state index in [1.165, 1.54) is 6.92 Å². The van der Waals surface area contributed by atoms with Gasteiger partial charge < -0.3 is 26.0 Å². The number of rotatable bonds is 16. The molecule has 3 atom stereocenters. The van der Waals surface area contributed by atoms with Crippen molar-refractivity contribution in [2.75, 3.05) is 18.5 Å². The number of hydrogen-bond acceptors (Lipinski definition) is 8. The van der Waals surface area contributed by atoms with Crippen molar-refractivity contribution in [2.45, 2.75) is 64.1 Å². The third kappa shape index (κ3) is 9.65. The smallest absolute Gasteiger partial charge is 0.328 e. The summed E-state index contributed by atoms with van der Waals surface area (Å²) < 4.78 is 5.80. The summed E-state index contributed by atoms with van der Waals surface area (Å²) in [6.07, 6.45) is 1.51. The first kappa shape index (κ1) is 39.1. The maximum atomic E-state index is 13.6. The van der Waals surface area contributed by atoms with Crippen LogP contribution in [0.15, 0.2) is 84.9 Å². The van der Waals surface area contributed by atoms with Gasteiger partial charge in [-0.2, -0.15) is 0 Å². The van der Waals surface area contributed by atoms with Crippen molar-refractivity contribution in [1.82, 2.24) is 20.9 Å². The van der Waals surface area contributed by atoms with Gasteiger partial charge >= 0.3 is 5.97 Å². The van der Waals surface area contributed by atoms with Crippen LogP contribution in [-0.2, 0) is 38.3 Å². The number of carbonyl (C=O) groups excluding carboxylic acids is 7. The van der Waals surface area contributed by atoms with E-state index in [0.717, 1.165) is 44.9 Å². The molecule has 13 heteroatoms. The molecular weight excluding hydrogens is 690 g/mol. The second-order valence-electron chi connectivity index (χ2n) is 13.6. The molecule has 0 saturated carbocycles. The van der Waals surface area contributed by atoms with Crippen molar-refractivity contribution in [3.05, 3.63) is 109 Å². The van der Waals surface area contributed by atoms with Gasteiger partial charge in [-0.15, -0.1) is 0 Å². The average Bonchev–Trinajstić information content (AvgIpc) is 3.65. The fourth-order valence-corrected chi connectivity index (χ4v) is 6.35. The Kier molecular flexibility index (Phi) is 12.8. The highest BCUT2D eigenvalue weighted by Gasteiger charge is 2.32. The number of esters is 1. The second kappa shape index (κ2) is 17.6. The summed E-state index contributed by atoms with van der Waals surface area (Å²) in [5.74, 6) is -4.69. The quantitative estimate of drug-likeness (QED) is 0.128. The summed E-state index contributed by atoms with van der Waals surface area (Å²) >= 11 is 0. The van der Waals surface area contributed by atoms with Gasteiger partial charge in [-0.05, 0) is 66.1 Å². The summed E-state index contributed by atoms with van der Waals surface area (Å²) in [5, 5.41) is 10.7. The lowest BCUT2D eigenvalue weighted by Gasteiger charge is -2.24. The van der Waals surface area contributed by atoms with Crippen molar-refractivity contribution in [3.8, 4) is 11.1 Å². The van der Waals surface area contributed by atoms with Crippen LogP contribution in [0, 0.1) is 12.8 Å². The van der Waals surface area contributed by atoms with E-state index < -0.39 is 59.5 Å². The van der Waals surface area contributed by atoms with Gasteiger partial charge in [0.2, 0.25) is 23.6 Å². The van der Waals surface area contributed by atoms with Gasteiger partial charge in [-0.25, -0.2) is 4.79 Å². The minimum Gasteiger partial charge on any atom is -0.463 e. The Balaban J connectivity index is 1.21. The molecule has 4 N–H and O–H groups in total. The van der Waals surface area contributed by atoms with E-state index in [4.69, 9.17) is 4.74 Å². The second-order valence-corrected chi connectivity index (χ2v) is 13.6. The first-order valence-corrected chi connectivity index (χ1v) is 17.8. The zero-order valence-corrected chi connectivity index (χ0v) is 30.4. The predicted octanol–water partition coefficient (Wildman–Crippen LogP) is 3.39. The van der Waals surface area contributed by atoms with E-state index >= 15 is 0 Å². The van der Waals surface area contributed by atoms with Gasteiger partial charge in [-0.3, -0.25) is 33.7 Å². The van der Waals surface area contributed by atoms with Crippen LogP contribution in [0.25, 0.3) is 11.1 Å². The van der Waals surface area contributed by atoms with Crippen LogP contribution in [0.1, 0.15) is 62.6 Å². The van der Waals surface area contributed by atoms with E-state index in [-0.39, 0.29) is 44.2 Å². The number of anilines is 1. The van der Waals surface area contributed by atoms with E-state index in [1.54, 1.807) is 38.1 Å². The number of carbonyl (C=O) groups is 7. The number of imide groups is 1. The third-order valence-electron chi connectivity index (χ3n) is 9.34. The molecule has 0 spiro atoms. The highest BCUT2D eigenvalue weighted by Crippen LogP contribution is 2.44. The lowest BCUT2D eigenvalue weighted by molar-refractivity contribution is -0.149. The molecule has 1 aliphatic carbocycles. The molecule has 5 rings (SSSR count). The SMILES string of the molecule is [CH2]c1ccc(NC(=O)[C@H](C)NC(=O)[C@@H](NC(=O)CC[C@H](NC(=O)CCN2C(=O)C=CC2=O)C(=O)OCC2c3ccccc3-c3ccccc32)C(C)C)cc1. The van der Waals surface area contributed by atoms with Crippen LogP contribution in [-0.4, -0.2) is 77.6 Å². The summed E-state index contributed by atoms with van der Waals surface area (Å²) in [6.45, 7) is 8.60. The molecule has 0 fully saturated rings. The van der Waals surface area contributed by atoms with Gasteiger partial charge in [0.15, 0.2) is 0 Å². The molecular formula is C41H44N5O8. The van der Waals surface area contributed by atoms with E-state index in [9.17, 15) is 33.6 Å². The molecule has 13 nitrogen and oxygen atoms in total. The first-order valence-electron chi connectivity index (χ1n) is 17.8. The summed E-state index contributed by atoms with van der Waals surface area (Å²) in [5.41, 5.74) is 5.39. The van der Waals surface area contributed by atoms with Crippen molar-refractivity contribution >= 4 is 47.1 Å². The Morgan fingerprint density at radius 1 is 0.741 bits per heavy atom. The number of nitrogens with zero attached hydrogens (tertiary/aromatic N) is 1. The van der Waals surface area contributed by atoms with Crippen LogP contribution in [0.5, 0.6) is 0 Å². The molecule has 1 aliphatic heterocycles. The molecule has 3 aromatic rings. The molecule has 281 valence electrons. The van der Waals surface area contributed by atoms with Gasteiger partial charge in [0.1, 0.15) is 24.7 Å². The fourth-order valence-electron chi connectivity index (χ4n) is 6.35. The highest BCUT2D eigenvalue weighted by molar-refractivity contribution is 6.13. The maximum absolute atomic E-state index is 13.6. The number of ether oxygens (including phenoxy) is 1. The Morgan fingerprint density at radius 2 is 1.31 bits per heavy atom. The van der Waals surface area contributed by atoms with Crippen LogP contribution < -0.4 is 21.3 Å². The molecule has 2 aliphatic rings. The van der Waals surface area contributed by atoms with Gasteiger partial charge in [0.25, 0.3) is 11.8 Å². The van der Waals surface area contributed by atoms with Crippen LogP contribution in [0.3, 0.4) is 0 Å². The number of hydrogen-bond donors (Lipinski definition) is 4. The standard InChI is InChI=1S/C41H44N5O8/c1-24(2)38(40(52)42-26(4)39(51)43-27-15-13-25(3)14-16-27)45-34(47)18-17-33(44-35(48)21-22-46-36(49)19-20-37(46)50)41(53)54-23-32-30-11-7-5-9-28(30)29-10-6-8-12-31(29)32/h5-16,19-20,24,26,32-33,38H,3,17-18,21-23H2,1-2,4H3,(H,42,52)(H,43,51)(H,44,48)(H,45,47)/t26-,33-,38-/m0/s1. The molecule has 0 unspecified atom stereocenters. The summed E-state index contributed by atoms with van der Waals surface area (Å²) in [4.78, 5) is 90.7. The molecule has 1 heterocycles. The molecule has 0 bridgehead atoms. The molecule has 6 amide bonds. The minimum atomic E-state index is -1.26. The topological polar surface area (TPSA) is 180 Å². The normalized spacial score (nSPS) is 14.9. The van der Waals surface area contributed by atoms with Gasteiger partial charge in [-0.1, -0.05) is 74.5 Å². The molecule has 1 radical (unpaired) electrons. The fraction of sp³-hybridized carbons (Fsp3) is 0.317. The van der Waals surface area contributed by atoms with Crippen LogP contribution in [0.4, 0.5) is 5.69 Å². The summed E-state index contributed by atoms with van der Waals surface area (Å²) in [7, 11) is 0.